The molecule has 4 aromatic rings. The van der Waals surface area contributed by atoms with Crippen molar-refractivity contribution in [2.75, 3.05) is 0 Å². The number of hydrogen-bond donors (Lipinski definition) is 0. The fourth-order valence-electron chi connectivity index (χ4n) is 3.42. The molecule has 2 aromatic carbocycles. The molecule has 0 saturated heterocycles. The number of hydrogen-bond acceptors (Lipinski definition) is 4. The molecular formula is C27H24N2O2. The van der Waals surface area contributed by atoms with Crippen LogP contribution in [-0.2, 0) is 24.2 Å². The fourth-order valence-corrected chi connectivity index (χ4v) is 3.42. The van der Waals surface area contributed by atoms with Gasteiger partial charge in [0.25, 0.3) is 0 Å². The summed E-state index contributed by atoms with van der Waals surface area (Å²) < 4.78 is 5.99. The molecule has 2 heterocycles. The van der Waals surface area contributed by atoms with Crippen LogP contribution in [0.2, 0.25) is 0 Å². The molecule has 0 aliphatic heterocycles. The minimum atomic E-state index is 0.223. The van der Waals surface area contributed by atoms with Gasteiger partial charge in [0.15, 0.2) is 0 Å². The summed E-state index contributed by atoms with van der Waals surface area (Å²) in [7, 11) is 0. The molecule has 0 bridgehead atoms. The molecule has 0 aliphatic carbocycles. The number of carbonyl (C=O) groups excluding carboxylic acids is 1. The van der Waals surface area contributed by atoms with Crippen LogP contribution in [-0.4, -0.2) is 15.8 Å². The van der Waals surface area contributed by atoms with E-state index in [1.807, 2.05) is 85.1 Å². The van der Waals surface area contributed by atoms with E-state index in [4.69, 9.17) is 4.74 Å². The molecule has 0 atom stereocenters. The van der Waals surface area contributed by atoms with Gasteiger partial charge in [-0.1, -0.05) is 54.6 Å². The van der Waals surface area contributed by atoms with Gasteiger partial charge in [-0.3, -0.25) is 14.8 Å². The summed E-state index contributed by atoms with van der Waals surface area (Å²) >= 11 is 0. The third-order valence-corrected chi connectivity index (χ3v) is 5.07. The van der Waals surface area contributed by atoms with E-state index >= 15 is 0 Å². The van der Waals surface area contributed by atoms with E-state index in [0.717, 1.165) is 40.1 Å². The summed E-state index contributed by atoms with van der Waals surface area (Å²) in [6.07, 6.45) is 7.03. The van der Waals surface area contributed by atoms with Crippen molar-refractivity contribution in [1.29, 1.82) is 0 Å². The summed E-state index contributed by atoms with van der Waals surface area (Å²) in [6, 6.07) is 25.7. The molecule has 4 nitrogen and oxygen atoms in total. The Morgan fingerprint density at radius 3 is 2.39 bits per heavy atom. The average Bonchev–Trinajstić information content (AvgIpc) is 2.84. The Kier molecular flexibility index (Phi) is 6.81. The molecule has 0 amide bonds. The Hall–Kier alpha value is -3.79. The van der Waals surface area contributed by atoms with Gasteiger partial charge >= 0.3 is 0 Å². The summed E-state index contributed by atoms with van der Waals surface area (Å²) in [5.74, 6) is 0.995. The van der Waals surface area contributed by atoms with Crippen LogP contribution < -0.4 is 4.74 Å². The molecule has 0 saturated carbocycles. The van der Waals surface area contributed by atoms with Crippen LogP contribution in [0.3, 0.4) is 0 Å². The quantitative estimate of drug-likeness (QED) is 0.369. The average molecular weight is 409 g/mol. The first-order chi connectivity index (χ1) is 15.3. The molecule has 0 N–H and O–H groups in total. The van der Waals surface area contributed by atoms with Gasteiger partial charge in [-0.15, -0.1) is 0 Å². The lowest BCUT2D eigenvalue weighted by molar-refractivity contribution is -0.118. The first-order valence-electron chi connectivity index (χ1n) is 10.4. The van der Waals surface area contributed by atoms with Crippen molar-refractivity contribution in [3.05, 3.63) is 114 Å². The Labute approximate surface area is 182 Å². The Morgan fingerprint density at radius 2 is 1.61 bits per heavy atom. The minimum Gasteiger partial charge on any atom is -0.489 e. The van der Waals surface area contributed by atoms with Crippen LogP contribution in [0.25, 0.3) is 11.3 Å². The van der Waals surface area contributed by atoms with E-state index in [1.54, 1.807) is 12.4 Å². The van der Waals surface area contributed by atoms with Crippen molar-refractivity contribution in [2.45, 2.75) is 25.9 Å². The van der Waals surface area contributed by atoms with Crippen molar-refractivity contribution >= 4 is 5.78 Å². The zero-order valence-corrected chi connectivity index (χ0v) is 17.3. The molecule has 0 fully saturated rings. The van der Waals surface area contributed by atoms with Gasteiger partial charge in [0.1, 0.15) is 18.1 Å². The van der Waals surface area contributed by atoms with Crippen LogP contribution in [0.15, 0.2) is 97.5 Å². The molecule has 31 heavy (non-hydrogen) atoms. The molecule has 4 rings (SSSR count). The Balaban J connectivity index is 1.32. The number of pyridine rings is 2. The second-order valence-corrected chi connectivity index (χ2v) is 7.39. The third-order valence-electron chi connectivity index (χ3n) is 5.07. The van der Waals surface area contributed by atoms with E-state index in [-0.39, 0.29) is 5.78 Å². The van der Waals surface area contributed by atoms with Gasteiger partial charge in [-0.2, -0.15) is 0 Å². The number of rotatable bonds is 9. The zero-order chi connectivity index (χ0) is 21.3. The van der Waals surface area contributed by atoms with E-state index in [2.05, 4.69) is 9.97 Å². The normalized spacial score (nSPS) is 10.6. The maximum Gasteiger partial charge on any atom is 0.137 e. The third kappa shape index (κ3) is 5.86. The van der Waals surface area contributed by atoms with Crippen molar-refractivity contribution in [3.63, 3.8) is 0 Å². The maximum atomic E-state index is 12.3. The lowest BCUT2D eigenvalue weighted by atomic mass is 10.0. The summed E-state index contributed by atoms with van der Waals surface area (Å²) in [6.45, 7) is 0.432. The maximum absolute atomic E-state index is 12.3. The Bertz CT molecular complexity index is 1110. The van der Waals surface area contributed by atoms with E-state index in [0.29, 0.717) is 19.4 Å². The van der Waals surface area contributed by atoms with Crippen molar-refractivity contribution in [3.8, 4) is 17.0 Å². The first-order valence-corrected chi connectivity index (χ1v) is 10.4. The topological polar surface area (TPSA) is 52.1 Å². The van der Waals surface area contributed by atoms with Crippen LogP contribution in [0.5, 0.6) is 5.75 Å². The molecular weight excluding hydrogens is 384 g/mol. The minimum absolute atomic E-state index is 0.223. The Morgan fingerprint density at radius 1 is 0.806 bits per heavy atom. The van der Waals surface area contributed by atoms with Gasteiger partial charge in [0, 0.05) is 42.6 Å². The molecule has 154 valence electrons. The van der Waals surface area contributed by atoms with Crippen molar-refractivity contribution < 1.29 is 9.53 Å². The van der Waals surface area contributed by atoms with Gasteiger partial charge in [-0.25, -0.2) is 0 Å². The number of aryl methyl sites for hydroxylation is 1. The summed E-state index contributed by atoms with van der Waals surface area (Å²) in [5, 5.41) is 0. The predicted molar refractivity (Wildman–Crippen MR) is 122 cm³/mol. The highest BCUT2D eigenvalue weighted by atomic mass is 16.5. The number of ketones is 1. The first kappa shape index (κ1) is 20.5. The van der Waals surface area contributed by atoms with Crippen LogP contribution in [0.1, 0.15) is 23.1 Å². The van der Waals surface area contributed by atoms with Gasteiger partial charge in [0.2, 0.25) is 0 Å². The predicted octanol–water partition coefficient (Wildman–Crippen LogP) is 5.47. The molecule has 0 spiro atoms. The number of Topliss-reactive ketones (excluding diaryl/α,β-unsaturated/α-hetero) is 1. The SMILES string of the molecule is O=C(CCc1cccnc1)Cc1ccc(OCc2cccnc2-c2ccccc2)cc1. The molecule has 0 radical (unpaired) electrons. The molecule has 4 heteroatoms. The van der Waals surface area contributed by atoms with Gasteiger partial charge in [0.05, 0.1) is 5.69 Å². The number of aromatic nitrogens is 2. The number of nitrogens with zero attached hydrogens (tertiary/aromatic N) is 2. The number of ether oxygens (including phenoxy) is 1. The van der Waals surface area contributed by atoms with Gasteiger partial charge < -0.3 is 4.74 Å². The lowest BCUT2D eigenvalue weighted by Gasteiger charge is -2.11. The van der Waals surface area contributed by atoms with Crippen molar-refractivity contribution in [1.82, 2.24) is 9.97 Å². The zero-order valence-electron chi connectivity index (χ0n) is 17.3. The number of carbonyl (C=O) groups is 1. The van der Waals surface area contributed by atoms with E-state index in [1.165, 1.54) is 0 Å². The second kappa shape index (κ2) is 10.3. The second-order valence-electron chi connectivity index (χ2n) is 7.39. The summed E-state index contributed by atoms with van der Waals surface area (Å²) in [5.41, 5.74) is 5.11. The standard InChI is InChI=1S/C27H24N2O2/c30-25(13-10-22-6-4-16-28-19-22)18-21-11-14-26(15-12-21)31-20-24-9-5-17-29-27(24)23-7-2-1-3-8-23/h1-9,11-12,14-17,19H,10,13,18,20H2. The molecule has 2 aromatic heterocycles. The molecule has 0 unspecified atom stereocenters. The van der Waals surface area contributed by atoms with Crippen LogP contribution in [0.4, 0.5) is 0 Å². The highest BCUT2D eigenvalue weighted by Gasteiger charge is 2.08. The van der Waals surface area contributed by atoms with Crippen LogP contribution in [0, 0.1) is 0 Å². The summed E-state index contributed by atoms with van der Waals surface area (Å²) in [4.78, 5) is 20.9. The largest absolute Gasteiger partial charge is 0.489 e. The fraction of sp³-hybridized carbons (Fsp3) is 0.148. The smallest absolute Gasteiger partial charge is 0.137 e. The number of benzene rings is 2. The molecule has 0 aliphatic rings. The van der Waals surface area contributed by atoms with Crippen molar-refractivity contribution in [2.24, 2.45) is 0 Å². The van der Waals surface area contributed by atoms with Crippen LogP contribution >= 0.6 is 0 Å². The highest BCUT2D eigenvalue weighted by Crippen LogP contribution is 2.23. The van der Waals surface area contributed by atoms with E-state index < -0.39 is 0 Å². The van der Waals surface area contributed by atoms with Gasteiger partial charge in [-0.05, 0) is 41.8 Å². The monoisotopic (exact) mass is 408 g/mol. The highest BCUT2D eigenvalue weighted by molar-refractivity contribution is 5.81. The van der Waals surface area contributed by atoms with E-state index in [9.17, 15) is 4.79 Å². The lowest BCUT2D eigenvalue weighted by Crippen LogP contribution is -2.04.